The smallest absolute Gasteiger partial charge is 0.332 e. The van der Waals surface area contributed by atoms with Crippen molar-refractivity contribution in [3.05, 3.63) is 27.3 Å². The molecule has 0 saturated heterocycles. The minimum absolute atomic E-state index is 0.247. The minimum atomic E-state index is -5.14. The molecule has 1 aromatic carbocycles. The molecule has 11 heteroatoms. The van der Waals surface area contributed by atoms with Crippen molar-refractivity contribution in [2.45, 2.75) is 9.79 Å². The average Bonchev–Trinajstić information content (AvgIpc) is 2.29. The second-order valence-electron chi connectivity index (χ2n) is 3.71. The predicted molar refractivity (Wildman–Crippen MR) is 71.3 cm³/mol. The van der Waals surface area contributed by atoms with Crippen LogP contribution in [0.3, 0.4) is 0 Å². The van der Waals surface area contributed by atoms with E-state index in [4.69, 9.17) is 11.6 Å². The molecule has 0 heterocycles. The third-order valence-corrected chi connectivity index (χ3v) is 4.41. The molecule has 0 unspecified atom stereocenters. The van der Waals surface area contributed by atoms with Crippen molar-refractivity contribution >= 4 is 44.5 Å². The monoisotopic (exact) mass is 342 g/mol. The Morgan fingerprint density at radius 2 is 2.00 bits per heavy atom. The number of thioether (sulfide) groups is 1. The Morgan fingerprint density at radius 3 is 2.40 bits per heavy atom. The van der Waals surface area contributed by atoms with Crippen molar-refractivity contribution in [3.8, 4) is 0 Å². The summed E-state index contributed by atoms with van der Waals surface area (Å²) < 4.78 is 34.4. The lowest BCUT2D eigenvalue weighted by atomic mass is 10.3. The van der Waals surface area contributed by atoms with Gasteiger partial charge in [-0.1, -0.05) is 11.6 Å². The summed E-state index contributed by atoms with van der Waals surface area (Å²) in [5.41, 5.74) is -0.756. The van der Waals surface area contributed by atoms with Gasteiger partial charge in [-0.05, 0) is 17.8 Å². The van der Waals surface area contributed by atoms with E-state index in [9.17, 15) is 27.2 Å². The number of nitro benzene ring substituents is 1. The second-order valence-corrected chi connectivity index (χ2v) is 6.43. The minimum Gasteiger partial charge on any atom is -0.339 e. The normalized spacial score (nSPS) is 11.2. The first-order chi connectivity index (χ1) is 9.04. The maximum Gasteiger partial charge on any atom is 0.332 e. The van der Waals surface area contributed by atoms with Crippen LogP contribution in [0.25, 0.3) is 0 Å². The van der Waals surface area contributed by atoms with Crippen LogP contribution in [0.15, 0.2) is 21.9 Å². The van der Waals surface area contributed by atoms with Crippen LogP contribution in [-0.2, 0) is 10.2 Å². The molecule has 0 fully saturated rings. The fraction of sp³-hybridized carbons (Fsp3) is 0.222. The summed E-state index contributed by atoms with van der Waals surface area (Å²) in [5, 5.41) is 9.95. The fourth-order valence-corrected chi connectivity index (χ4v) is 2.77. The van der Waals surface area contributed by atoms with E-state index in [1.54, 1.807) is 0 Å². The van der Waals surface area contributed by atoms with Crippen molar-refractivity contribution in [1.29, 1.82) is 0 Å². The van der Waals surface area contributed by atoms with Crippen LogP contribution in [0, 0.1) is 10.1 Å². The molecule has 0 bridgehead atoms. The summed E-state index contributed by atoms with van der Waals surface area (Å²) in [6.45, 7) is 0. The lowest BCUT2D eigenvalue weighted by molar-refractivity contribution is -0.387. The second kappa shape index (κ2) is 5.94. The van der Waals surface area contributed by atoms with E-state index in [0.717, 1.165) is 11.0 Å². The van der Waals surface area contributed by atoms with Crippen molar-refractivity contribution in [2.75, 3.05) is 14.1 Å². The molecule has 0 aliphatic carbocycles. The summed E-state index contributed by atoms with van der Waals surface area (Å²) >= 11 is 6.16. The standard InChI is InChI=1S/C9H8ClFN2O5S2/c1-12(2)9(14)19-8-6(10)3-5(20(11,17)18)4-7(8)13(15)16/h3-4H,1-2H3. The first-order valence-electron chi connectivity index (χ1n) is 4.85. The molecule has 0 spiro atoms. The number of rotatable bonds is 3. The van der Waals surface area contributed by atoms with Gasteiger partial charge in [-0.25, -0.2) is 0 Å². The van der Waals surface area contributed by atoms with Crippen LogP contribution in [0.4, 0.5) is 14.4 Å². The van der Waals surface area contributed by atoms with Crippen LogP contribution in [-0.4, -0.2) is 37.6 Å². The zero-order valence-electron chi connectivity index (χ0n) is 10.2. The Balaban J connectivity index is 3.46. The number of carbonyl (C=O) groups excluding carboxylic acids is 1. The number of nitrogens with zero attached hydrogens (tertiary/aromatic N) is 2. The van der Waals surface area contributed by atoms with Crippen molar-refractivity contribution in [2.24, 2.45) is 0 Å². The predicted octanol–water partition coefficient (Wildman–Crippen LogP) is 2.68. The Kier molecular flexibility index (Phi) is 4.95. The van der Waals surface area contributed by atoms with Crippen LogP contribution < -0.4 is 0 Å². The highest BCUT2D eigenvalue weighted by Gasteiger charge is 2.26. The van der Waals surface area contributed by atoms with Gasteiger partial charge in [0.1, 0.15) is 9.79 Å². The van der Waals surface area contributed by atoms with Gasteiger partial charge in [0.25, 0.3) is 10.9 Å². The molecule has 7 nitrogen and oxygen atoms in total. The summed E-state index contributed by atoms with van der Waals surface area (Å²) in [6, 6.07) is 1.24. The van der Waals surface area contributed by atoms with Gasteiger partial charge in [-0.2, -0.15) is 8.42 Å². The molecular formula is C9H8ClFN2O5S2. The molecule has 0 saturated carbocycles. The molecule has 0 aliphatic rings. The number of amides is 1. The molecule has 0 aromatic heterocycles. The largest absolute Gasteiger partial charge is 0.339 e. The number of halogens is 2. The molecular weight excluding hydrogens is 335 g/mol. The highest BCUT2D eigenvalue weighted by atomic mass is 35.5. The molecule has 20 heavy (non-hydrogen) atoms. The number of carbonyl (C=O) groups is 1. The lowest BCUT2D eigenvalue weighted by Crippen LogP contribution is -2.16. The summed E-state index contributed by atoms with van der Waals surface area (Å²) in [6.07, 6.45) is 0. The molecule has 0 atom stereocenters. The van der Waals surface area contributed by atoms with E-state index in [-0.39, 0.29) is 4.90 Å². The van der Waals surface area contributed by atoms with E-state index in [2.05, 4.69) is 0 Å². The van der Waals surface area contributed by atoms with Gasteiger partial charge < -0.3 is 4.90 Å². The maximum absolute atomic E-state index is 12.9. The topological polar surface area (TPSA) is 97.6 Å². The first kappa shape index (κ1) is 16.7. The molecule has 0 radical (unpaired) electrons. The van der Waals surface area contributed by atoms with E-state index in [1.165, 1.54) is 14.1 Å². The van der Waals surface area contributed by atoms with Gasteiger partial charge in [0.15, 0.2) is 0 Å². The molecule has 110 valence electrons. The number of nitro groups is 1. The fourth-order valence-electron chi connectivity index (χ4n) is 1.11. The lowest BCUT2D eigenvalue weighted by Gasteiger charge is -2.10. The van der Waals surface area contributed by atoms with E-state index < -0.39 is 36.0 Å². The van der Waals surface area contributed by atoms with Crippen molar-refractivity contribution < 1.29 is 22.0 Å². The van der Waals surface area contributed by atoms with E-state index in [1.807, 2.05) is 0 Å². The van der Waals surface area contributed by atoms with Crippen LogP contribution in [0.1, 0.15) is 0 Å². The number of hydrogen-bond acceptors (Lipinski definition) is 6. The Morgan fingerprint density at radius 1 is 1.45 bits per heavy atom. The highest BCUT2D eigenvalue weighted by Crippen LogP contribution is 2.39. The van der Waals surface area contributed by atoms with Crippen LogP contribution >= 0.6 is 23.4 Å². The third kappa shape index (κ3) is 3.81. The van der Waals surface area contributed by atoms with Crippen molar-refractivity contribution in [1.82, 2.24) is 4.90 Å². The number of benzene rings is 1. The van der Waals surface area contributed by atoms with Gasteiger partial charge in [0.2, 0.25) is 0 Å². The SMILES string of the molecule is CN(C)C(=O)Sc1c(Cl)cc(S(=O)(=O)F)cc1[N+](=O)[O-]. The van der Waals surface area contributed by atoms with Crippen LogP contribution in [0.5, 0.6) is 0 Å². The van der Waals surface area contributed by atoms with Gasteiger partial charge >= 0.3 is 10.2 Å². The summed E-state index contributed by atoms with van der Waals surface area (Å²) in [4.78, 5) is 21.5. The zero-order valence-corrected chi connectivity index (χ0v) is 12.6. The quantitative estimate of drug-likeness (QED) is 0.362. The summed E-state index contributed by atoms with van der Waals surface area (Å²) in [5.74, 6) is 0. The van der Waals surface area contributed by atoms with Gasteiger partial charge in [-0.15, -0.1) is 3.89 Å². The summed E-state index contributed by atoms with van der Waals surface area (Å²) in [7, 11) is -2.28. The maximum atomic E-state index is 12.9. The van der Waals surface area contributed by atoms with Gasteiger partial charge in [0.05, 0.1) is 9.95 Å². The van der Waals surface area contributed by atoms with Gasteiger partial charge in [0, 0.05) is 20.2 Å². The molecule has 0 N–H and O–H groups in total. The Labute approximate surface area is 123 Å². The Bertz CT molecular complexity index is 677. The molecule has 1 amide bonds. The van der Waals surface area contributed by atoms with Crippen LogP contribution in [0.2, 0.25) is 5.02 Å². The average molecular weight is 343 g/mol. The third-order valence-electron chi connectivity index (χ3n) is 2.03. The molecule has 0 aliphatic heterocycles. The first-order valence-corrected chi connectivity index (χ1v) is 7.43. The van der Waals surface area contributed by atoms with Crippen molar-refractivity contribution in [3.63, 3.8) is 0 Å². The van der Waals surface area contributed by atoms with Gasteiger partial charge in [-0.3, -0.25) is 14.9 Å². The highest BCUT2D eigenvalue weighted by molar-refractivity contribution is 8.13. The van der Waals surface area contributed by atoms with E-state index >= 15 is 0 Å². The molecule has 1 aromatic rings. The zero-order chi connectivity index (χ0) is 15.7. The van der Waals surface area contributed by atoms with E-state index in [0.29, 0.717) is 17.8 Å². The molecule has 1 rings (SSSR count). The number of hydrogen-bond donors (Lipinski definition) is 0. The Hall–Kier alpha value is -1.39.